The monoisotopic (exact) mass is 249 g/mol. The second-order valence-electron chi connectivity index (χ2n) is 4.33. The van der Waals surface area contributed by atoms with Crippen LogP contribution in [0.2, 0.25) is 0 Å². The first-order chi connectivity index (χ1) is 8.69. The highest BCUT2D eigenvalue weighted by Gasteiger charge is 2.31. The fraction of sp³-hybridized carbons (Fsp3) is 0.538. The zero-order chi connectivity index (χ0) is 13.1. The third kappa shape index (κ3) is 2.39. The van der Waals surface area contributed by atoms with E-state index in [1.165, 1.54) is 12.8 Å². The second-order valence-corrected chi connectivity index (χ2v) is 4.33. The number of hydrogen-bond acceptors (Lipinski definition) is 5. The van der Waals surface area contributed by atoms with Gasteiger partial charge in [-0.05, 0) is 32.8 Å². The molecule has 2 rings (SSSR count). The molecule has 0 unspecified atom stereocenters. The van der Waals surface area contributed by atoms with Crippen LogP contribution in [0.1, 0.15) is 37.0 Å². The lowest BCUT2D eigenvalue weighted by Gasteiger charge is -2.23. The quantitative estimate of drug-likeness (QED) is 0.806. The van der Waals surface area contributed by atoms with Gasteiger partial charge in [-0.1, -0.05) is 0 Å². The number of nitrogen functional groups attached to an aromatic ring is 1. The molecule has 0 bridgehead atoms. The van der Waals surface area contributed by atoms with Crippen molar-refractivity contribution >= 4 is 17.5 Å². The van der Waals surface area contributed by atoms with Crippen LogP contribution in [0, 0.1) is 0 Å². The molecule has 0 aliphatic heterocycles. The van der Waals surface area contributed by atoms with Crippen molar-refractivity contribution in [1.29, 1.82) is 0 Å². The maximum atomic E-state index is 11.8. The fourth-order valence-electron chi connectivity index (χ4n) is 2.05. The van der Waals surface area contributed by atoms with E-state index in [1.54, 1.807) is 19.2 Å². The summed E-state index contributed by atoms with van der Waals surface area (Å²) in [5, 5.41) is 0. The molecule has 0 aromatic carbocycles. The molecule has 98 valence electrons. The van der Waals surface area contributed by atoms with Crippen molar-refractivity contribution in [3.8, 4) is 0 Å². The van der Waals surface area contributed by atoms with E-state index in [0.717, 1.165) is 6.54 Å². The molecule has 0 spiro atoms. The molecule has 1 aromatic rings. The van der Waals surface area contributed by atoms with Crippen molar-refractivity contribution in [3.05, 3.63) is 17.8 Å². The van der Waals surface area contributed by atoms with Gasteiger partial charge in [0.25, 0.3) is 0 Å². The van der Waals surface area contributed by atoms with Crippen LogP contribution in [0.25, 0.3) is 0 Å². The number of aromatic nitrogens is 1. The Hall–Kier alpha value is -1.78. The number of rotatable bonds is 5. The summed E-state index contributed by atoms with van der Waals surface area (Å²) in [5.41, 5.74) is 6.88. The Bertz CT molecular complexity index is 444. The summed E-state index contributed by atoms with van der Waals surface area (Å²) in [6.07, 6.45) is 3.94. The highest BCUT2D eigenvalue weighted by Crippen LogP contribution is 2.34. The summed E-state index contributed by atoms with van der Waals surface area (Å²) >= 11 is 0. The van der Waals surface area contributed by atoms with Crippen molar-refractivity contribution in [2.75, 3.05) is 23.8 Å². The van der Waals surface area contributed by atoms with Crippen LogP contribution in [-0.2, 0) is 4.74 Å². The number of carbonyl (C=O) groups excluding carboxylic acids is 1. The van der Waals surface area contributed by atoms with E-state index in [0.29, 0.717) is 29.7 Å². The van der Waals surface area contributed by atoms with E-state index in [9.17, 15) is 4.79 Å². The van der Waals surface area contributed by atoms with Crippen LogP contribution in [0.4, 0.5) is 11.5 Å². The van der Waals surface area contributed by atoms with Crippen molar-refractivity contribution < 1.29 is 9.53 Å². The van der Waals surface area contributed by atoms with Gasteiger partial charge in [-0.25, -0.2) is 9.78 Å². The van der Waals surface area contributed by atoms with Crippen molar-refractivity contribution in [2.24, 2.45) is 0 Å². The molecular weight excluding hydrogens is 230 g/mol. The predicted molar refractivity (Wildman–Crippen MR) is 70.6 cm³/mol. The summed E-state index contributed by atoms with van der Waals surface area (Å²) in [7, 11) is 0. The highest BCUT2D eigenvalue weighted by atomic mass is 16.5. The van der Waals surface area contributed by atoms with Crippen molar-refractivity contribution in [1.82, 2.24) is 4.98 Å². The van der Waals surface area contributed by atoms with Gasteiger partial charge in [0.1, 0.15) is 0 Å². The summed E-state index contributed by atoms with van der Waals surface area (Å²) < 4.78 is 4.99. The number of anilines is 2. The van der Waals surface area contributed by atoms with Crippen LogP contribution in [0.15, 0.2) is 12.3 Å². The average Bonchev–Trinajstić information content (AvgIpc) is 3.17. The number of pyridine rings is 1. The minimum absolute atomic E-state index is 0.343. The molecular formula is C13H19N3O2. The van der Waals surface area contributed by atoms with Gasteiger partial charge in [-0.3, -0.25) is 0 Å². The lowest BCUT2D eigenvalue weighted by Crippen LogP contribution is -2.27. The van der Waals surface area contributed by atoms with Gasteiger partial charge < -0.3 is 15.4 Å². The SMILES string of the molecule is CCOC(=O)c1ccnc(N(CC)C2CC2)c1N. The van der Waals surface area contributed by atoms with E-state index in [4.69, 9.17) is 10.5 Å². The third-order valence-electron chi connectivity index (χ3n) is 3.06. The Labute approximate surface area is 107 Å². The molecule has 2 N–H and O–H groups in total. The largest absolute Gasteiger partial charge is 0.462 e. The molecule has 1 heterocycles. The zero-order valence-electron chi connectivity index (χ0n) is 10.8. The number of nitrogens with two attached hydrogens (primary N) is 1. The van der Waals surface area contributed by atoms with E-state index in [2.05, 4.69) is 16.8 Å². The van der Waals surface area contributed by atoms with E-state index in [-0.39, 0.29) is 5.97 Å². The molecule has 5 heteroatoms. The first kappa shape index (κ1) is 12.7. The lowest BCUT2D eigenvalue weighted by atomic mass is 10.2. The molecule has 1 saturated carbocycles. The minimum atomic E-state index is -0.384. The molecule has 0 atom stereocenters. The predicted octanol–water partition coefficient (Wildman–Crippen LogP) is 1.83. The van der Waals surface area contributed by atoms with E-state index in [1.807, 2.05) is 0 Å². The topological polar surface area (TPSA) is 68.5 Å². The first-order valence-corrected chi connectivity index (χ1v) is 6.37. The standard InChI is InChI=1S/C13H19N3O2/c1-3-16(9-5-6-9)12-11(14)10(7-8-15-12)13(17)18-4-2/h7-9H,3-6,14H2,1-2H3. The van der Waals surface area contributed by atoms with Crippen LogP contribution in [0.5, 0.6) is 0 Å². The number of hydrogen-bond donors (Lipinski definition) is 1. The molecule has 1 aromatic heterocycles. The summed E-state index contributed by atoms with van der Waals surface area (Å²) in [6, 6.07) is 2.12. The maximum Gasteiger partial charge on any atom is 0.340 e. The molecule has 0 radical (unpaired) electrons. The van der Waals surface area contributed by atoms with Gasteiger partial charge >= 0.3 is 5.97 Å². The highest BCUT2D eigenvalue weighted by molar-refractivity contribution is 5.97. The van der Waals surface area contributed by atoms with Gasteiger partial charge in [0.15, 0.2) is 5.82 Å². The van der Waals surface area contributed by atoms with Crippen LogP contribution in [0.3, 0.4) is 0 Å². The molecule has 5 nitrogen and oxygen atoms in total. The molecule has 18 heavy (non-hydrogen) atoms. The van der Waals surface area contributed by atoms with Gasteiger partial charge in [0.05, 0.1) is 17.9 Å². The Balaban J connectivity index is 2.31. The van der Waals surface area contributed by atoms with Gasteiger partial charge in [-0.2, -0.15) is 0 Å². The van der Waals surface area contributed by atoms with Crippen molar-refractivity contribution in [2.45, 2.75) is 32.7 Å². The minimum Gasteiger partial charge on any atom is -0.462 e. The van der Waals surface area contributed by atoms with Crippen LogP contribution >= 0.6 is 0 Å². The summed E-state index contributed by atoms with van der Waals surface area (Å²) in [5.74, 6) is 0.316. The van der Waals surface area contributed by atoms with Crippen LogP contribution < -0.4 is 10.6 Å². The zero-order valence-corrected chi connectivity index (χ0v) is 10.8. The smallest absolute Gasteiger partial charge is 0.340 e. The number of ether oxygens (including phenoxy) is 1. The first-order valence-electron chi connectivity index (χ1n) is 6.37. The number of esters is 1. The third-order valence-corrected chi connectivity index (χ3v) is 3.06. The Kier molecular flexibility index (Phi) is 3.69. The Morgan fingerprint density at radius 3 is 2.83 bits per heavy atom. The van der Waals surface area contributed by atoms with Crippen molar-refractivity contribution in [3.63, 3.8) is 0 Å². The van der Waals surface area contributed by atoms with Gasteiger partial charge in [0.2, 0.25) is 0 Å². The second kappa shape index (κ2) is 5.25. The average molecular weight is 249 g/mol. The fourth-order valence-corrected chi connectivity index (χ4v) is 2.05. The lowest BCUT2D eigenvalue weighted by molar-refractivity contribution is 0.0527. The van der Waals surface area contributed by atoms with Gasteiger partial charge in [-0.15, -0.1) is 0 Å². The molecule has 1 aliphatic carbocycles. The van der Waals surface area contributed by atoms with Gasteiger partial charge in [0, 0.05) is 18.8 Å². The molecule has 1 aliphatic rings. The van der Waals surface area contributed by atoms with E-state index < -0.39 is 0 Å². The molecule has 0 saturated heterocycles. The maximum absolute atomic E-state index is 11.8. The summed E-state index contributed by atoms with van der Waals surface area (Å²) in [6.45, 7) is 5.03. The molecule has 0 amide bonds. The van der Waals surface area contributed by atoms with E-state index >= 15 is 0 Å². The number of carbonyl (C=O) groups is 1. The normalized spacial score (nSPS) is 14.3. The Morgan fingerprint density at radius 2 is 2.28 bits per heavy atom. The summed E-state index contributed by atoms with van der Waals surface area (Å²) in [4.78, 5) is 18.2. The van der Waals surface area contributed by atoms with Crippen LogP contribution in [-0.4, -0.2) is 30.1 Å². The Morgan fingerprint density at radius 1 is 1.56 bits per heavy atom. The number of nitrogens with zero attached hydrogens (tertiary/aromatic N) is 2. The molecule has 1 fully saturated rings.